The van der Waals surface area contributed by atoms with Crippen molar-refractivity contribution in [3.8, 4) is 0 Å². The molecule has 0 amide bonds. The van der Waals surface area contributed by atoms with Gasteiger partial charge in [-0.3, -0.25) is 14.3 Å². The molecule has 0 unspecified atom stereocenters. The predicted molar refractivity (Wildman–Crippen MR) is 127 cm³/mol. The summed E-state index contributed by atoms with van der Waals surface area (Å²) in [5.41, 5.74) is 1.68. The lowest BCUT2D eigenvalue weighted by Gasteiger charge is -2.09. The maximum atomic E-state index is 12.6. The van der Waals surface area contributed by atoms with Gasteiger partial charge in [0.05, 0.1) is 14.9 Å². The number of anilines is 2. The molecular weight excluding hydrogens is 471 g/mol. The van der Waals surface area contributed by atoms with Gasteiger partial charge < -0.3 is 5.32 Å². The molecule has 0 saturated carbocycles. The highest BCUT2D eigenvalue weighted by molar-refractivity contribution is 7.92. The predicted octanol–water partition coefficient (Wildman–Crippen LogP) is 5.81. The van der Waals surface area contributed by atoms with Gasteiger partial charge in [0.2, 0.25) is 0 Å². The van der Waals surface area contributed by atoms with Crippen LogP contribution >= 0.6 is 23.2 Å². The Morgan fingerprint density at radius 3 is 2.22 bits per heavy atom. The molecule has 0 aliphatic heterocycles. The Kier molecular flexibility index (Phi) is 7.35. The Bertz CT molecular complexity index is 1300. The minimum Gasteiger partial charge on any atom is -0.362 e. The molecule has 0 heterocycles. The second-order valence-electron chi connectivity index (χ2n) is 6.74. The van der Waals surface area contributed by atoms with Gasteiger partial charge in [0, 0.05) is 34.8 Å². The number of carbonyl (C=O) groups excluding carboxylic acids is 2. The third-order valence-corrected chi connectivity index (χ3v) is 6.51. The highest BCUT2D eigenvalue weighted by atomic mass is 35.5. The van der Waals surface area contributed by atoms with E-state index in [1.165, 1.54) is 43.5 Å². The molecule has 0 bridgehead atoms. The van der Waals surface area contributed by atoms with Crippen molar-refractivity contribution in [2.45, 2.75) is 11.8 Å². The van der Waals surface area contributed by atoms with Gasteiger partial charge in [-0.15, -0.1) is 0 Å². The quantitative estimate of drug-likeness (QED) is 0.308. The van der Waals surface area contributed by atoms with Crippen LogP contribution in [0.3, 0.4) is 0 Å². The van der Waals surface area contributed by atoms with Crippen LogP contribution in [0.1, 0.15) is 27.6 Å². The fourth-order valence-corrected chi connectivity index (χ4v) is 4.05. The number of hydrogen-bond acceptors (Lipinski definition) is 5. The van der Waals surface area contributed by atoms with Gasteiger partial charge in [-0.2, -0.15) is 0 Å². The topological polar surface area (TPSA) is 92.3 Å². The summed E-state index contributed by atoms with van der Waals surface area (Å²) in [5, 5.41) is 3.56. The minimum atomic E-state index is -3.83. The van der Waals surface area contributed by atoms with Crippen molar-refractivity contribution in [2.75, 3.05) is 10.0 Å². The molecule has 6 nitrogen and oxygen atoms in total. The Morgan fingerprint density at radius 1 is 0.844 bits per heavy atom. The third kappa shape index (κ3) is 5.97. The molecular formula is C23H18Cl2N2O4S. The summed E-state index contributed by atoms with van der Waals surface area (Å²) in [6.07, 6.45) is 2.77. The van der Waals surface area contributed by atoms with Crippen LogP contribution < -0.4 is 10.0 Å². The zero-order valence-electron chi connectivity index (χ0n) is 16.8. The molecule has 0 atom stereocenters. The molecule has 0 aliphatic carbocycles. The average molecular weight is 489 g/mol. The summed E-state index contributed by atoms with van der Waals surface area (Å²) in [6, 6.07) is 16.8. The van der Waals surface area contributed by atoms with Crippen LogP contribution in [0, 0.1) is 0 Å². The van der Waals surface area contributed by atoms with Crippen LogP contribution in [0.5, 0.6) is 0 Å². The molecule has 0 saturated heterocycles. The maximum absolute atomic E-state index is 12.6. The number of sulfonamides is 1. The molecule has 0 spiro atoms. The number of hydrogen-bond donors (Lipinski definition) is 2. The number of halogens is 2. The fraction of sp³-hybridized carbons (Fsp3) is 0.0435. The summed E-state index contributed by atoms with van der Waals surface area (Å²) >= 11 is 11.8. The zero-order valence-corrected chi connectivity index (χ0v) is 19.1. The van der Waals surface area contributed by atoms with E-state index in [0.29, 0.717) is 27.5 Å². The summed E-state index contributed by atoms with van der Waals surface area (Å²) in [6.45, 7) is 1.41. The number of Topliss-reactive ketones (excluding diaryl/α,β-unsaturated/α-hetero) is 1. The SMILES string of the molecule is CC(=O)c1cccc(NS(=O)(=O)c2ccc(NC=CC(=O)c3ccc(Cl)c(Cl)c3)cc2)c1. The van der Waals surface area contributed by atoms with Crippen LogP contribution in [0.15, 0.2) is 83.9 Å². The van der Waals surface area contributed by atoms with E-state index >= 15 is 0 Å². The summed E-state index contributed by atoms with van der Waals surface area (Å²) in [7, 11) is -3.83. The molecule has 0 radical (unpaired) electrons. The van der Waals surface area contributed by atoms with Gasteiger partial charge >= 0.3 is 0 Å². The van der Waals surface area contributed by atoms with Gasteiger partial charge in [-0.05, 0) is 61.5 Å². The monoisotopic (exact) mass is 488 g/mol. The highest BCUT2D eigenvalue weighted by Gasteiger charge is 2.14. The molecule has 3 aromatic rings. The summed E-state index contributed by atoms with van der Waals surface area (Å²) in [5.74, 6) is -0.431. The van der Waals surface area contributed by atoms with Crippen LogP contribution in [0.25, 0.3) is 0 Å². The molecule has 9 heteroatoms. The molecule has 3 aromatic carbocycles. The van der Waals surface area contributed by atoms with Crippen molar-refractivity contribution < 1.29 is 18.0 Å². The van der Waals surface area contributed by atoms with E-state index in [2.05, 4.69) is 10.0 Å². The molecule has 0 aliphatic rings. The number of ketones is 2. The maximum Gasteiger partial charge on any atom is 0.261 e. The summed E-state index contributed by atoms with van der Waals surface area (Å²) < 4.78 is 27.7. The number of allylic oxidation sites excluding steroid dienone is 1. The van der Waals surface area contributed by atoms with Gasteiger partial charge in [0.25, 0.3) is 10.0 Å². The molecule has 164 valence electrons. The third-order valence-electron chi connectivity index (χ3n) is 4.37. The standard InChI is InChI=1S/C23H18Cl2N2O4S/c1-15(28)16-3-2-4-19(13-16)27-32(30,31)20-8-6-18(7-9-20)26-12-11-23(29)17-5-10-21(24)22(25)14-17/h2-14,26-27H,1H3. The van der Waals surface area contributed by atoms with E-state index < -0.39 is 10.0 Å². The first kappa shape index (κ1) is 23.5. The van der Waals surface area contributed by atoms with Gasteiger partial charge in [-0.25, -0.2) is 8.42 Å². The van der Waals surface area contributed by atoms with Crippen molar-refractivity contribution in [2.24, 2.45) is 0 Å². The Balaban J connectivity index is 1.65. The van der Waals surface area contributed by atoms with Gasteiger partial charge in [0.15, 0.2) is 11.6 Å². The van der Waals surface area contributed by atoms with Crippen molar-refractivity contribution in [1.29, 1.82) is 0 Å². The van der Waals surface area contributed by atoms with Crippen LogP contribution in [0.2, 0.25) is 10.0 Å². The van der Waals surface area contributed by atoms with E-state index in [1.807, 2.05) is 0 Å². The second kappa shape index (κ2) is 9.99. The Hall–Kier alpha value is -3.13. The van der Waals surface area contributed by atoms with E-state index in [1.54, 1.807) is 42.5 Å². The normalized spacial score (nSPS) is 11.3. The summed E-state index contributed by atoms with van der Waals surface area (Å²) in [4.78, 5) is 23.7. The average Bonchev–Trinajstić information content (AvgIpc) is 2.76. The van der Waals surface area contributed by atoms with E-state index in [-0.39, 0.29) is 21.5 Å². The van der Waals surface area contributed by atoms with Crippen LogP contribution in [0.4, 0.5) is 11.4 Å². The molecule has 0 aromatic heterocycles. The molecule has 0 fully saturated rings. The van der Waals surface area contributed by atoms with Crippen LogP contribution in [-0.4, -0.2) is 20.0 Å². The number of carbonyl (C=O) groups is 2. The lowest BCUT2D eigenvalue weighted by atomic mass is 10.1. The van der Waals surface area contributed by atoms with Crippen molar-refractivity contribution >= 4 is 56.2 Å². The first-order chi connectivity index (χ1) is 15.2. The lowest BCUT2D eigenvalue weighted by molar-refractivity contribution is 0.101. The second-order valence-corrected chi connectivity index (χ2v) is 9.23. The first-order valence-electron chi connectivity index (χ1n) is 9.32. The molecule has 2 N–H and O–H groups in total. The first-order valence-corrected chi connectivity index (χ1v) is 11.6. The van der Waals surface area contributed by atoms with Gasteiger partial charge in [-0.1, -0.05) is 35.3 Å². The molecule has 32 heavy (non-hydrogen) atoms. The van der Waals surface area contributed by atoms with Crippen molar-refractivity contribution in [3.05, 3.63) is 100 Å². The highest BCUT2D eigenvalue weighted by Crippen LogP contribution is 2.23. The smallest absolute Gasteiger partial charge is 0.261 e. The Morgan fingerprint density at radius 2 is 1.56 bits per heavy atom. The number of rotatable bonds is 8. The fourth-order valence-electron chi connectivity index (χ4n) is 2.71. The van der Waals surface area contributed by atoms with E-state index in [4.69, 9.17) is 23.2 Å². The zero-order chi connectivity index (χ0) is 23.3. The van der Waals surface area contributed by atoms with Crippen molar-refractivity contribution in [1.82, 2.24) is 0 Å². The van der Waals surface area contributed by atoms with Gasteiger partial charge in [0.1, 0.15) is 0 Å². The number of nitrogens with one attached hydrogen (secondary N) is 2. The van der Waals surface area contributed by atoms with Crippen molar-refractivity contribution in [3.63, 3.8) is 0 Å². The molecule has 3 rings (SSSR count). The van der Waals surface area contributed by atoms with E-state index in [0.717, 1.165) is 0 Å². The lowest BCUT2D eigenvalue weighted by Crippen LogP contribution is -2.13. The Labute approximate surface area is 195 Å². The number of benzene rings is 3. The minimum absolute atomic E-state index is 0.0483. The largest absolute Gasteiger partial charge is 0.362 e. The van der Waals surface area contributed by atoms with E-state index in [9.17, 15) is 18.0 Å². The van der Waals surface area contributed by atoms with Crippen LogP contribution in [-0.2, 0) is 10.0 Å².